The molecular formula is C22H32ClN5OS. The third-order valence-corrected chi connectivity index (χ3v) is 7.21. The van der Waals surface area contributed by atoms with E-state index in [-0.39, 0.29) is 18.3 Å². The highest BCUT2D eigenvalue weighted by molar-refractivity contribution is 8.00. The quantitative estimate of drug-likeness (QED) is 0.618. The van der Waals surface area contributed by atoms with Gasteiger partial charge in [-0.3, -0.25) is 9.69 Å². The predicted molar refractivity (Wildman–Crippen MR) is 126 cm³/mol. The highest BCUT2D eigenvalue weighted by Crippen LogP contribution is 2.35. The van der Waals surface area contributed by atoms with Gasteiger partial charge >= 0.3 is 0 Å². The molecular weight excluding hydrogens is 418 g/mol. The lowest BCUT2D eigenvalue weighted by Crippen LogP contribution is -2.47. The molecule has 4 rings (SSSR count). The van der Waals surface area contributed by atoms with Gasteiger partial charge in [0.1, 0.15) is 0 Å². The van der Waals surface area contributed by atoms with E-state index in [1.54, 1.807) is 12.4 Å². The molecule has 3 aliphatic heterocycles. The number of rotatable bonds is 6. The van der Waals surface area contributed by atoms with E-state index < -0.39 is 0 Å². The summed E-state index contributed by atoms with van der Waals surface area (Å²) in [4.78, 5) is 28.8. The molecule has 1 aromatic heterocycles. The number of unbranched alkanes of at least 4 members (excludes halogenated alkanes) is 1. The summed E-state index contributed by atoms with van der Waals surface area (Å²) in [7, 11) is 2.08. The smallest absolute Gasteiger partial charge is 0.225 e. The van der Waals surface area contributed by atoms with Crippen LogP contribution < -0.4 is 4.90 Å². The van der Waals surface area contributed by atoms with Gasteiger partial charge in [-0.05, 0) is 37.9 Å². The Bertz CT molecular complexity index is 792. The Labute approximate surface area is 190 Å². The molecule has 1 aromatic rings. The van der Waals surface area contributed by atoms with E-state index >= 15 is 0 Å². The Morgan fingerprint density at radius 2 is 1.83 bits per heavy atom. The number of carbonyl (C=O) groups is 1. The van der Waals surface area contributed by atoms with Gasteiger partial charge in [-0.1, -0.05) is 6.42 Å². The number of anilines is 1. The highest BCUT2D eigenvalue weighted by Gasteiger charge is 2.32. The molecule has 0 N–H and O–H groups in total. The predicted octanol–water partition coefficient (Wildman–Crippen LogP) is 3.23. The number of ketones is 1. The molecule has 0 saturated carbocycles. The van der Waals surface area contributed by atoms with Crippen molar-refractivity contribution in [1.29, 1.82) is 0 Å². The second kappa shape index (κ2) is 10.6. The van der Waals surface area contributed by atoms with E-state index in [0.29, 0.717) is 5.78 Å². The molecule has 30 heavy (non-hydrogen) atoms. The Balaban J connectivity index is 0.00000256. The van der Waals surface area contributed by atoms with E-state index in [1.807, 2.05) is 17.8 Å². The van der Waals surface area contributed by atoms with Gasteiger partial charge in [0.2, 0.25) is 5.95 Å². The van der Waals surface area contributed by atoms with Crippen LogP contribution in [0.5, 0.6) is 0 Å². The van der Waals surface area contributed by atoms with Crippen molar-refractivity contribution in [2.75, 3.05) is 56.2 Å². The molecule has 0 bridgehead atoms. The summed E-state index contributed by atoms with van der Waals surface area (Å²) in [5.41, 5.74) is 3.50. The molecule has 0 spiro atoms. The fourth-order valence-corrected chi connectivity index (χ4v) is 5.69. The molecule has 4 heterocycles. The van der Waals surface area contributed by atoms with Gasteiger partial charge in [0.05, 0.1) is 0 Å². The van der Waals surface area contributed by atoms with Gasteiger partial charge in [0.15, 0.2) is 5.78 Å². The summed E-state index contributed by atoms with van der Waals surface area (Å²) in [6.07, 6.45) is 9.01. The zero-order valence-electron chi connectivity index (χ0n) is 17.9. The van der Waals surface area contributed by atoms with Gasteiger partial charge in [0, 0.05) is 80.5 Å². The first-order valence-corrected chi connectivity index (χ1v) is 11.8. The summed E-state index contributed by atoms with van der Waals surface area (Å²) >= 11 is 1.86. The van der Waals surface area contributed by atoms with Crippen molar-refractivity contribution in [3.63, 3.8) is 0 Å². The number of hydrogen-bond donors (Lipinski definition) is 0. The summed E-state index contributed by atoms with van der Waals surface area (Å²) in [6, 6.07) is 1.86. The summed E-state index contributed by atoms with van der Waals surface area (Å²) in [5, 5.41) is 0. The van der Waals surface area contributed by atoms with E-state index in [0.717, 1.165) is 75.0 Å². The minimum Gasteiger partial charge on any atom is -0.353 e. The molecule has 0 aromatic carbocycles. The first kappa shape index (κ1) is 23.1. The topological polar surface area (TPSA) is 52.6 Å². The molecule has 1 saturated heterocycles. The normalized spacial score (nSPS) is 22.5. The summed E-state index contributed by atoms with van der Waals surface area (Å²) in [5.74, 6) is 3.12. The first-order chi connectivity index (χ1) is 14.1. The molecule has 3 aliphatic rings. The minimum absolute atomic E-state index is 0. The minimum atomic E-state index is 0. The second-order valence-corrected chi connectivity index (χ2v) is 9.18. The average Bonchev–Trinajstić information content (AvgIpc) is 3.22. The Kier molecular flexibility index (Phi) is 8.20. The van der Waals surface area contributed by atoms with Crippen LogP contribution in [-0.2, 0) is 4.79 Å². The van der Waals surface area contributed by atoms with Gasteiger partial charge in [-0.15, -0.1) is 12.4 Å². The van der Waals surface area contributed by atoms with Crippen molar-refractivity contribution >= 4 is 35.9 Å². The third kappa shape index (κ3) is 5.18. The zero-order valence-corrected chi connectivity index (χ0v) is 19.6. The van der Waals surface area contributed by atoms with Crippen molar-refractivity contribution in [3.05, 3.63) is 41.5 Å². The number of Topliss-reactive ketones (excluding diaryl/α,β-unsaturated/α-hetero) is 1. The molecule has 164 valence electrons. The lowest BCUT2D eigenvalue weighted by Gasteiger charge is -2.34. The van der Waals surface area contributed by atoms with Crippen molar-refractivity contribution < 1.29 is 4.79 Å². The number of carbonyl (C=O) groups excluding carboxylic acids is 1. The number of piperazine rings is 1. The maximum atomic E-state index is 13.1. The van der Waals surface area contributed by atoms with Crippen molar-refractivity contribution in [2.45, 2.75) is 26.2 Å². The van der Waals surface area contributed by atoms with Crippen LogP contribution in [0.1, 0.15) is 26.2 Å². The lowest BCUT2D eigenvalue weighted by atomic mass is 9.88. The Morgan fingerprint density at radius 3 is 2.57 bits per heavy atom. The van der Waals surface area contributed by atoms with Crippen molar-refractivity contribution in [1.82, 2.24) is 19.8 Å². The average molecular weight is 450 g/mol. The van der Waals surface area contributed by atoms with Crippen LogP contribution in [0, 0.1) is 5.92 Å². The van der Waals surface area contributed by atoms with Crippen LogP contribution in [0.3, 0.4) is 0 Å². The molecule has 1 atom stereocenters. The highest BCUT2D eigenvalue weighted by atomic mass is 35.5. The lowest BCUT2D eigenvalue weighted by molar-refractivity contribution is -0.118. The van der Waals surface area contributed by atoms with Crippen LogP contribution in [-0.4, -0.2) is 76.8 Å². The SMILES string of the molecule is CC1=CN(C)C2=C(CSC2)C(=O)C1CCCCN1CCN(c2ncccn2)CC1.Cl. The van der Waals surface area contributed by atoms with Crippen LogP contribution in [0.25, 0.3) is 0 Å². The van der Waals surface area contributed by atoms with Crippen LogP contribution >= 0.6 is 24.2 Å². The molecule has 0 amide bonds. The Morgan fingerprint density at radius 1 is 1.10 bits per heavy atom. The zero-order chi connectivity index (χ0) is 20.2. The fourth-order valence-electron chi connectivity index (χ4n) is 4.51. The number of nitrogens with zero attached hydrogens (tertiary/aromatic N) is 5. The van der Waals surface area contributed by atoms with E-state index in [9.17, 15) is 4.79 Å². The largest absolute Gasteiger partial charge is 0.353 e. The number of halogens is 1. The number of thioether (sulfide) groups is 1. The summed E-state index contributed by atoms with van der Waals surface area (Å²) < 4.78 is 0. The van der Waals surface area contributed by atoms with Gasteiger partial charge in [0.25, 0.3) is 0 Å². The number of hydrogen-bond acceptors (Lipinski definition) is 7. The van der Waals surface area contributed by atoms with Gasteiger partial charge < -0.3 is 9.80 Å². The Hall–Kier alpha value is -1.57. The summed E-state index contributed by atoms with van der Waals surface area (Å²) in [6.45, 7) is 7.30. The van der Waals surface area contributed by atoms with Crippen molar-refractivity contribution in [3.8, 4) is 0 Å². The van der Waals surface area contributed by atoms with E-state index in [2.05, 4.69) is 44.8 Å². The fraction of sp³-hybridized carbons (Fsp3) is 0.591. The first-order valence-electron chi connectivity index (χ1n) is 10.6. The third-order valence-electron chi connectivity index (χ3n) is 6.24. The van der Waals surface area contributed by atoms with Gasteiger partial charge in [-0.25, -0.2) is 9.97 Å². The maximum absolute atomic E-state index is 13.1. The molecule has 0 aliphatic carbocycles. The van der Waals surface area contributed by atoms with Crippen LogP contribution in [0.2, 0.25) is 0 Å². The van der Waals surface area contributed by atoms with E-state index in [1.165, 1.54) is 11.3 Å². The second-order valence-electron chi connectivity index (χ2n) is 8.19. The molecule has 0 radical (unpaired) electrons. The maximum Gasteiger partial charge on any atom is 0.225 e. The van der Waals surface area contributed by atoms with Crippen LogP contribution in [0.15, 0.2) is 41.5 Å². The monoisotopic (exact) mass is 449 g/mol. The molecule has 1 fully saturated rings. The molecule has 1 unspecified atom stereocenters. The molecule has 6 nitrogen and oxygen atoms in total. The van der Waals surface area contributed by atoms with Crippen molar-refractivity contribution in [2.24, 2.45) is 5.92 Å². The van der Waals surface area contributed by atoms with Gasteiger partial charge in [-0.2, -0.15) is 11.8 Å². The number of aromatic nitrogens is 2. The van der Waals surface area contributed by atoms with E-state index in [4.69, 9.17) is 0 Å². The molecule has 8 heteroatoms. The van der Waals surface area contributed by atoms with Crippen LogP contribution in [0.4, 0.5) is 5.95 Å². The standard InChI is InChI=1S/C22H31N5OS.ClH/c1-17-14-25(2)20-16-29-15-19(20)21(28)18(17)6-3-4-9-26-10-12-27(13-11-26)22-23-7-5-8-24-22;/h5,7-8,14,18H,3-4,6,9-13,15-16H2,1-2H3;1H. The number of allylic oxidation sites excluding steroid dienone is 1.